The molecule has 0 aliphatic carbocycles. The van der Waals surface area contributed by atoms with E-state index in [0.717, 1.165) is 5.75 Å². The Morgan fingerprint density at radius 1 is 1.25 bits per heavy atom. The second kappa shape index (κ2) is 6.02. The van der Waals surface area contributed by atoms with Gasteiger partial charge in [0.2, 0.25) is 5.91 Å². The minimum atomic E-state index is 0.177. The summed E-state index contributed by atoms with van der Waals surface area (Å²) in [4.78, 5) is 15.7. The normalized spacial score (nSPS) is 19.4. The highest BCUT2D eigenvalue weighted by Gasteiger charge is 2.31. The number of hydrogen-bond donors (Lipinski definition) is 0. The molecule has 1 atom stereocenters. The minimum Gasteiger partial charge on any atom is -0.321 e. The van der Waals surface area contributed by atoms with Crippen molar-refractivity contribution in [3.8, 4) is 0 Å². The lowest BCUT2D eigenvalue weighted by molar-refractivity contribution is -0.132. The van der Waals surface area contributed by atoms with Crippen LogP contribution in [0.3, 0.4) is 0 Å². The van der Waals surface area contributed by atoms with Crippen LogP contribution < -0.4 is 0 Å². The predicted molar refractivity (Wildman–Crippen MR) is 85.9 cm³/mol. The van der Waals surface area contributed by atoms with Gasteiger partial charge < -0.3 is 4.90 Å². The molecule has 3 rings (SSSR count). The Hall–Kier alpha value is -1.26. The lowest BCUT2D eigenvalue weighted by atomic mass is 10.2. The van der Waals surface area contributed by atoms with Crippen molar-refractivity contribution in [2.24, 2.45) is 0 Å². The van der Waals surface area contributed by atoms with Crippen LogP contribution in [0.1, 0.15) is 27.8 Å². The molecule has 0 saturated carbocycles. The number of hydrogen-bond acceptors (Lipinski definition) is 3. The topological polar surface area (TPSA) is 20.3 Å². The van der Waals surface area contributed by atoms with Gasteiger partial charge in [-0.3, -0.25) is 4.79 Å². The quantitative estimate of drug-likeness (QED) is 0.846. The summed E-state index contributed by atoms with van der Waals surface area (Å²) in [6.45, 7) is 2.83. The number of carbonyl (C=O) groups is 1. The third kappa shape index (κ3) is 2.76. The fourth-order valence-electron chi connectivity index (χ4n) is 2.43. The molecule has 1 saturated heterocycles. The van der Waals surface area contributed by atoms with Crippen LogP contribution in [-0.4, -0.2) is 16.6 Å². The molecule has 2 aromatic rings. The van der Waals surface area contributed by atoms with E-state index < -0.39 is 0 Å². The Bertz CT molecular complexity index is 594. The predicted octanol–water partition coefficient (Wildman–Crippen LogP) is 4.22. The van der Waals surface area contributed by atoms with E-state index in [4.69, 9.17) is 0 Å². The van der Waals surface area contributed by atoms with Gasteiger partial charge in [0.05, 0.1) is 0 Å². The Kier molecular flexibility index (Phi) is 4.13. The molecule has 1 fully saturated rings. The lowest BCUT2D eigenvalue weighted by Crippen LogP contribution is -2.36. The first-order valence-corrected chi connectivity index (χ1v) is 8.67. The van der Waals surface area contributed by atoms with Gasteiger partial charge in [0.1, 0.15) is 5.37 Å². The van der Waals surface area contributed by atoms with E-state index in [9.17, 15) is 4.79 Å². The zero-order valence-corrected chi connectivity index (χ0v) is 13.0. The third-order valence-corrected chi connectivity index (χ3v) is 5.98. The third-order valence-electron chi connectivity index (χ3n) is 3.52. The summed E-state index contributed by atoms with van der Waals surface area (Å²) in [5.74, 6) is 1.19. The number of carbonyl (C=O) groups excluding carboxylic acids is 1. The van der Waals surface area contributed by atoms with Crippen LogP contribution in [0.5, 0.6) is 0 Å². The average molecular weight is 303 g/mol. The zero-order chi connectivity index (χ0) is 13.9. The molecule has 1 unspecified atom stereocenters. The van der Waals surface area contributed by atoms with Crippen molar-refractivity contribution in [3.63, 3.8) is 0 Å². The van der Waals surface area contributed by atoms with Gasteiger partial charge in [0.25, 0.3) is 0 Å². The maximum Gasteiger partial charge on any atom is 0.224 e. The Morgan fingerprint density at radius 2 is 2.05 bits per heavy atom. The molecule has 1 aliphatic heterocycles. The molecule has 4 heteroatoms. The zero-order valence-electron chi connectivity index (χ0n) is 11.4. The largest absolute Gasteiger partial charge is 0.321 e. The molecular weight excluding hydrogens is 286 g/mol. The molecule has 104 valence electrons. The van der Waals surface area contributed by atoms with E-state index in [1.54, 1.807) is 11.3 Å². The van der Waals surface area contributed by atoms with E-state index in [1.165, 1.54) is 16.0 Å². The van der Waals surface area contributed by atoms with Gasteiger partial charge >= 0.3 is 0 Å². The molecule has 0 bridgehead atoms. The second-order valence-corrected chi connectivity index (χ2v) is 7.08. The van der Waals surface area contributed by atoms with Gasteiger partial charge in [-0.25, -0.2) is 0 Å². The first-order chi connectivity index (χ1) is 9.75. The monoisotopic (exact) mass is 303 g/mol. The summed E-state index contributed by atoms with van der Waals surface area (Å²) < 4.78 is 0. The van der Waals surface area contributed by atoms with Crippen LogP contribution in [0.25, 0.3) is 0 Å². The van der Waals surface area contributed by atoms with Crippen molar-refractivity contribution in [2.45, 2.75) is 25.3 Å². The van der Waals surface area contributed by atoms with E-state index >= 15 is 0 Å². The number of nitrogens with zero attached hydrogens (tertiary/aromatic N) is 1. The van der Waals surface area contributed by atoms with Gasteiger partial charge in [-0.1, -0.05) is 30.3 Å². The van der Waals surface area contributed by atoms with E-state index in [2.05, 4.69) is 30.5 Å². The molecule has 1 aromatic carbocycles. The van der Waals surface area contributed by atoms with Crippen LogP contribution in [0.2, 0.25) is 0 Å². The van der Waals surface area contributed by atoms with Gasteiger partial charge in [-0.15, -0.1) is 23.1 Å². The molecule has 0 radical (unpaired) electrons. The molecule has 0 spiro atoms. The lowest BCUT2D eigenvalue weighted by Gasteiger charge is -2.35. The maximum atomic E-state index is 12.3. The first kappa shape index (κ1) is 13.7. The van der Waals surface area contributed by atoms with Crippen LogP contribution in [-0.2, 0) is 11.3 Å². The Morgan fingerprint density at radius 3 is 2.75 bits per heavy atom. The fraction of sp³-hybridized carbons (Fsp3) is 0.312. The van der Waals surface area contributed by atoms with Crippen LogP contribution in [0.4, 0.5) is 0 Å². The second-order valence-electron chi connectivity index (χ2n) is 4.95. The maximum absolute atomic E-state index is 12.3. The van der Waals surface area contributed by atoms with Crippen molar-refractivity contribution < 1.29 is 4.79 Å². The summed E-state index contributed by atoms with van der Waals surface area (Å²) in [6, 6.07) is 12.4. The van der Waals surface area contributed by atoms with Crippen molar-refractivity contribution in [1.29, 1.82) is 0 Å². The highest BCUT2D eigenvalue weighted by Crippen LogP contribution is 2.41. The molecular formula is C16H17NOS2. The number of aryl methyl sites for hydroxylation is 1. The number of benzene rings is 1. The number of thiophene rings is 1. The number of amides is 1. The fourth-order valence-corrected chi connectivity index (χ4v) is 4.94. The van der Waals surface area contributed by atoms with Gasteiger partial charge in [-0.05, 0) is 29.5 Å². The van der Waals surface area contributed by atoms with E-state index in [-0.39, 0.29) is 11.3 Å². The molecule has 2 heterocycles. The van der Waals surface area contributed by atoms with Crippen molar-refractivity contribution >= 4 is 29.0 Å². The van der Waals surface area contributed by atoms with Crippen molar-refractivity contribution in [3.05, 3.63) is 57.8 Å². The van der Waals surface area contributed by atoms with Crippen LogP contribution >= 0.6 is 23.1 Å². The Balaban J connectivity index is 1.87. The first-order valence-electron chi connectivity index (χ1n) is 6.74. The molecule has 1 aromatic heterocycles. The molecule has 20 heavy (non-hydrogen) atoms. The molecule has 2 nitrogen and oxygen atoms in total. The summed E-state index contributed by atoms with van der Waals surface area (Å²) in [7, 11) is 0. The SMILES string of the molecule is Cc1ccsc1C1SCCC(=O)N1Cc1ccccc1. The summed E-state index contributed by atoms with van der Waals surface area (Å²) in [5.41, 5.74) is 2.49. The summed E-state index contributed by atoms with van der Waals surface area (Å²) >= 11 is 3.64. The summed E-state index contributed by atoms with van der Waals surface area (Å²) in [5, 5.41) is 2.29. The molecule has 0 N–H and O–H groups in total. The Labute approximate surface area is 127 Å². The van der Waals surface area contributed by atoms with E-state index in [0.29, 0.717) is 13.0 Å². The highest BCUT2D eigenvalue weighted by atomic mass is 32.2. The number of thioether (sulfide) groups is 1. The van der Waals surface area contributed by atoms with Gasteiger partial charge in [-0.2, -0.15) is 0 Å². The van der Waals surface area contributed by atoms with Crippen LogP contribution in [0.15, 0.2) is 41.8 Å². The number of rotatable bonds is 3. The average Bonchev–Trinajstić information content (AvgIpc) is 2.88. The summed E-state index contributed by atoms with van der Waals surface area (Å²) in [6.07, 6.45) is 0.651. The van der Waals surface area contributed by atoms with Gasteiger partial charge in [0.15, 0.2) is 0 Å². The minimum absolute atomic E-state index is 0.177. The van der Waals surface area contributed by atoms with Crippen LogP contribution in [0, 0.1) is 6.92 Å². The van der Waals surface area contributed by atoms with Crippen molar-refractivity contribution in [1.82, 2.24) is 4.90 Å². The molecule has 1 aliphatic rings. The highest BCUT2D eigenvalue weighted by molar-refractivity contribution is 7.99. The molecule has 1 amide bonds. The smallest absolute Gasteiger partial charge is 0.224 e. The van der Waals surface area contributed by atoms with Crippen molar-refractivity contribution in [2.75, 3.05) is 5.75 Å². The van der Waals surface area contributed by atoms with E-state index in [1.807, 2.05) is 34.9 Å². The standard InChI is InChI=1S/C16H17NOS2/c1-12-7-9-19-15(12)16-17(14(18)8-10-20-16)11-13-5-3-2-4-6-13/h2-7,9,16H,8,10-11H2,1H3. The van der Waals surface area contributed by atoms with Gasteiger partial charge in [0, 0.05) is 23.6 Å².